The molecule has 0 fully saturated rings. The second kappa shape index (κ2) is 2.80. The Hall–Kier alpha value is -1.91. The van der Waals surface area contributed by atoms with Gasteiger partial charge >= 0.3 is 0 Å². The number of fused-ring (bicyclic) bond motifs is 1. The van der Waals surface area contributed by atoms with Gasteiger partial charge in [-0.3, -0.25) is 0 Å². The normalized spacial score (nSPS) is 10.7. The Kier molecular flexibility index (Phi) is 1.73. The van der Waals surface area contributed by atoms with Gasteiger partial charge in [-0.25, -0.2) is 4.39 Å². The molecule has 0 radical (unpaired) electrons. The fourth-order valence-electron chi connectivity index (χ4n) is 1.33. The molecule has 4 nitrogen and oxygen atoms in total. The standard InChI is InChI=1S/C9H7FN2O2/c1-6-5-11(13)8-3-2-7(10)4-9(8)12(6)14/h2-5H,1H3. The van der Waals surface area contributed by atoms with Crippen molar-refractivity contribution in [1.29, 1.82) is 0 Å². The summed E-state index contributed by atoms with van der Waals surface area (Å²) in [6, 6.07) is 3.47. The van der Waals surface area contributed by atoms with Crippen LogP contribution in [0.5, 0.6) is 0 Å². The molecule has 2 rings (SSSR count). The Bertz CT molecular complexity index is 514. The van der Waals surface area contributed by atoms with E-state index in [0.29, 0.717) is 9.46 Å². The molecule has 0 bridgehead atoms. The largest absolute Gasteiger partial charge is 0.618 e. The van der Waals surface area contributed by atoms with Crippen LogP contribution >= 0.6 is 0 Å². The van der Waals surface area contributed by atoms with E-state index in [1.807, 2.05) is 0 Å². The van der Waals surface area contributed by atoms with Crippen molar-refractivity contribution in [2.75, 3.05) is 0 Å². The van der Waals surface area contributed by atoms with Crippen molar-refractivity contribution in [2.24, 2.45) is 0 Å². The zero-order valence-corrected chi connectivity index (χ0v) is 7.40. The van der Waals surface area contributed by atoms with Crippen LogP contribution in [-0.2, 0) is 0 Å². The van der Waals surface area contributed by atoms with Gasteiger partial charge in [0.1, 0.15) is 5.82 Å². The van der Waals surface area contributed by atoms with Crippen LogP contribution in [-0.4, -0.2) is 0 Å². The van der Waals surface area contributed by atoms with Crippen LogP contribution < -0.4 is 9.46 Å². The number of halogens is 1. The van der Waals surface area contributed by atoms with Crippen LogP contribution in [0, 0.1) is 23.2 Å². The van der Waals surface area contributed by atoms with Gasteiger partial charge in [-0.2, -0.15) is 9.46 Å². The summed E-state index contributed by atoms with van der Waals surface area (Å²) < 4.78 is 13.9. The molecule has 1 aromatic carbocycles. The highest BCUT2D eigenvalue weighted by Gasteiger charge is 2.16. The van der Waals surface area contributed by atoms with Gasteiger partial charge in [-0.15, -0.1) is 0 Å². The predicted molar refractivity (Wildman–Crippen MR) is 46.6 cm³/mol. The van der Waals surface area contributed by atoms with Crippen molar-refractivity contribution < 1.29 is 13.9 Å². The maximum atomic E-state index is 12.8. The molecule has 0 aliphatic carbocycles. The Morgan fingerprint density at radius 1 is 1.21 bits per heavy atom. The van der Waals surface area contributed by atoms with Crippen LogP contribution in [0.4, 0.5) is 4.39 Å². The summed E-state index contributed by atoms with van der Waals surface area (Å²) in [6.45, 7) is 1.49. The third kappa shape index (κ3) is 1.14. The highest BCUT2D eigenvalue weighted by Crippen LogP contribution is 2.07. The molecule has 0 unspecified atom stereocenters. The van der Waals surface area contributed by atoms with E-state index in [1.165, 1.54) is 13.0 Å². The summed E-state index contributed by atoms with van der Waals surface area (Å²) in [6.07, 6.45) is 1.16. The summed E-state index contributed by atoms with van der Waals surface area (Å²) in [5, 5.41) is 22.7. The first-order chi connectivity index (χ1) is 6.59. The van der Waals surface area contributed by atoms with E-state index in [-0.39, 0.29) is 16.7 Å². The molecular formula is C9H7FN2O2. The molecule has 1 aromatic heterocycles. The van der Waals surface area contributed by atoms with Gasteiger partial charge in [0.15, 0.2) is 0 Å². The molecule has 0 atom stereocenters. The van der Waals surface area contributed by atoms with E-state index >= 15 is 0 Å². The van der Waals surface area contributed by atoms with E-state index in [4.69, 9.17) is 0 Å². The summed E-state index contributed by atoms with van der Waals surface area (Å²) >= 11 is 0. The first-order valence-electron chi connectivity index (χ1n) is 4.01. The highest BCUT2D eigenvalue weighted by molar-refractivity contribution is 5.67. The quantitative estimate of drug-likeness (QED) is 0.454. The lowest BCUT2D eigenvalue weighted by atomic mass is 10.3. The lowest BCUT2D eigenvalue weighted by Gasteiger charge is -2.04. The zero-order chi connectivity index (χ0) is 10.3. The van der Waals surface area contributed by atoms with Crippen molar-refractivity contribution in [1.82, 2.24) is 0 Å². The third-order valence-electron chi connectivity index (χ3n) is 2.02. The van der Waals surface area contributed by atoms with E-state index in [2.05, 4.69) is 0 Å². The molecular weight excluding hydrogens is 187 g/mol. The second-order valence-electron chi connectivity index (χ2n) is 3.02. The van der Waals surface area contributed by atoms with Crippen molar-refractivity contribution >= 4 is 11.0 Å². The zero-order valence-electron chi connectivity index (χ0n) is 7.40. The van der Waals surface area contributed by atoms with Gasteiger partial charge in [0.25, 0.3) is 16.7 Å². The summed E-state index contributed by atoms with van der Waals surface area (Å²) in [5.74, 6) is -0.535. The number of aryl methyl sites for hydroxylation is 1. The highest BCUT2D eigenvalue weighted by atomic mass is 19.1. The monoisotopic (exact) mass is 194 g/mol. The molecule has 0 aliphatic heterocycles. The Morgan fingerprint density at radius 3 is 2.64 bits per heavy atom. The molecule has 2 aromatic rings. The van der Waals surface area contributed by atoms with Crippen molar-refractivity contribution in [2.45, 2.75) is 6.92 Å². The van der Waals surface area contributed by atoms with Crippen LogP contribution in [0.1, 0.15) is 5.69 Å². The lowest BCUT2D eigenvalue weighted by molar-refractivity contribution is -0.633. The number of rotatable bonds is 0. The van der Waals surface area contributed by atoms with Crippen LogP contribution in [0.3, 0.4) is 0 Å². The summed E-state index contributed by atoms with van der Waals surface area (Å²) in [7, 11) is 0. The Balaban J connectivity index is 2.95. The summed E-state index contributed by atoms with van der Waals surface area (Å²) in [5.41, 5.74) is 0.435. The number of hydrogen-bond donors (Lipinski definition) is 0. The van der Waals surface area contributed by atoms with Gasteiger partial charge in [0.2, 0.25) is 6.20 Å². The van der Waals surface area contributed by atoms with Crippen LogP contribution in [0.25, 0.3) is 11.0 Å². The first-order valence-corrected chi connectivity index (χ1v) is 4.01. The van der Waals surface area contributed by atoms with Gasteiger partial charge in [0.05, 0.1) is 6.07 Å². The average molecular weight is 194 g/mol. The SMILES string of the molecule is Cc1c[n+]([O-])c2ccc(F)cc2[n+]1[O-]. The maximum Gasteiger partial charge on any atom is 0.293 e. The van der Waals surface area contributed by atoms with Crippen LogP contribution in [0.15, 0.2) is 24.4 Å². The smallest absolute Gasteiger partial charge is 0.293 e. The van der Waals surface area contributed by atoms with E-state index in [1.54, 1.807) is 0 Å². The third-order valence-corrected chi connectivity index (χ3v) is 2.02. The molecule has 1 heterocycles. The average Bonchev–Trinajstić information content (AvgIpc) is 2.14. The Morgan fingerprint density at radius 2 is 1.93 bits per heavy atom. The minimum atomic E-state index is -0.535. The van der Waals surface area contributed by atoms with Crippen LogP contribution in [0.2, 0.25) is 0 Å². The van der Waals surface area contributed by atoms with Gasteiger partial charge in [-0.1, -0.05) is 0 Å². The van der Waals surface area contributed by atoms with Crippen molar-refractivity contribution in [3.05, 3.63) is 46.3 Å². The summed E-state index contributed by atoms with van der Waals surface area (Å²) in [4.78, 5) is 0. The van der Waals surface area contributed by atoms with E-state index in [0.717, 1.165) is 18.3 Å². The van der Waals surface area contributed by atoms with Gasteiger partial charge in [0, 0.05) is 13.0 Å². The molecule has 5 heteroatoms. The molecule has 14 heavy (non-hydrogen) atoms. The first kappa shape index (κ1) is 8.68. The maximum absolute atomic E-state index is 12.8. The number of aromatic nitrogens is 2. The lowest BCUT2D eigenvalue weighted by Crippen LogP contribution is -2.40. The molecule has 0 saturated carbocycles. The topological polar surface area (TPSA) is 53.9 Å². The molecule has 0 spiro atoms. The minimum Gasteiger partial charge on any atom is -0.618 e. The van der Waals surface area contributed by atoms with Gasteiger partial charge < -0.3 is 10.4 Å². The Labute approximate surface area is 79.0 Å². The second-order valence-corrected chi connectivity index (χ2v) is 3.02. The fraction of sp³-hybridized carbons (Fsp3) is 0.111. The predicted octanol–water partition coefficient (Wildman–Crippen LogP) is 0.554. The van der Waals surface area contributed by atoms with Crippen molar-refractivity contribution in [3.8, 4) is 0 Å². The van der Waals surface area contributed by atoms with Crippen molar-refractivity contribution in [3.63, 3.8) is 0 Å². The molecule has 0 saturated heterocycles. The van der Waals surface area contributed by atoms with Gasteiger partial charge in [-0.05, 0) is 6.07 Å². The molecule has 0 aliphatic rings. The fourth-order valence-corrected chi connectivity index (χ4v) is 1.33. The minimum absolute atomic E-state index is 0.0417. The number of benzene rings is 1. The number of nitrogens with zero attached hydrogens (tertiary/aromatic N) is 2. The van der Waals surface area contributed by atoms with E-state index < -0.39 is 5.82 Å². The van der Waals surface area contributed by atoms with E-state index in [9.17, 15) is 14.8 Å². The molecule has 0 amide bonds. The molecule has 72 valence electrons. The molecule has 0 N–H and O–H groups in total. The number of hydrogen-bond acceptors (Lipinski definition) is 2.